The molecule has 0 fully saturated rings. The van der Waals surface area contributed by atoms with Crippen LogP contribution in [0.25, 0.3) is 0 Å². The second-order valence-electron chi connectivity index (χ2n) is 4.64. The zero-order valence-electron chi connectivity index (χ0n) is 11.1. The molecular formula is C15H19N3. The van der Waals surface area contributed by atoms with E-state index in [4.69, 9.17) is 0 Å². The number of benzene rings is 1. The van der Waals surface area contributed by atoms with E-state index < -0.39 is 0 Å². The topological polar surface area (TPSA) is 37.8 Å². The highest BCUT2D eigenvalue weighted by Crippen LogP contribution is 2.18. The minimum absolute atomic E-state index is 0.258. The molecule has 0 radical (unpaired) electrons. The first-order valence-corrected chi connectivity index (χ1v) is 6.19. The van der Waals surface area contributed by atoms with E-state index in [0.29, 0.717) is 0 Å². The van der Waals surface area contributed by atoms with E-state index in [-0.39, 0.29) is 6.04 Å². The number of likely N-dealkylation sites (N-methyl/N-ethyl adjacent to an activating group) is 1. The number of hydrogen-bond acceptors (Lipinski definition) is 3. The molecule has 1 aromatic heterocycles. The van der Waals surface area contributed by atoms with Crippen molar-refractivity contribution in [1.29, 1.82) is 0 Å². The molecule has 2 rings (SSSR count). The van der Waals surface area contributed by atoms with Gasteiger partial charge in [-0.1, -0.05) is 18.2 Å². The Hall–Kier alpha value is -1.74. The Morgan fingerprint density at radius 1 is 1.11 bits per heavy atom. The first-order valence-electron chi connectivity index (χ1n) is 6.19. The molecule has 18 heavy (non-hydrogen) atoms. The standard InChI is InChI=1S/C15H19N3/c1-11-4-5-13(6-12(11)2)7-15(16-3)14-8-17-10-18-9-14/h4-6,8-10,15-16H,7H2,1-3H3. The summed E-state index contributed by atoms with van der Waals surface area (Å²) < 4.78 is 0. The van der Waals surface area contributed by atoms with Crippen molar-refractivity contribution in [1.82, 2.24) is 15.3 Å². The molecule has 2 aromatic rings. The van der Waals surface area contributed by atoms with Crippen LogP contribution in [0.3, 0.4) is 0 Å². The average Bonchev–Trinajstić information content (AvgIpc) is 2.41. The molecule has 3 nitrogen and oxygen atoms in total. The van der Waals surface area contributed by atoms with Crippen molar-refractivity contribution in [2.24, 2.45) is 0 Å². The van der Waals surface area contributed by atoms with E-state index in [2.05, 4.69) is 47.3 Å². The predicted molar refractivity (Wildman–Crippen MR) is 73.5 cm³/mol. The molecule has 0 aliphatic carbocycles. The maximum absolute atomic E-state index is 4.08. The molecule has 1 aromatic carbocycles. The molecule has 1 N–H and O–H groups in total. The first kappa shape index (κ1) is 12.7. The van der Waals surface area contributed by atoms with Crippen LogP contribution >= 0.6 is 0 Å². The molecule has 1 unspecified atom stereocenters. The highest BCUT2D eigenvalue weighted by Gasteiger charge is 2.10. The van der Waals surface area contributed by atoms with Gasteiger partial charge < -0.3 is 5.32 Å². The Morgan fingerprint density at radius 2 is 1.83 bits per heavy atom. The smallest absolute Gasteiger partial charge is 0.115 e. The van der Waals surface area contributed by atoms with Gasteiger partial charge in [-0.05, 0) is 44.0 Å². The van der Waals surface area contributed by atoms with Gasteiger partial charge >= 0.3 is 0 Å². The number of hydrogen-bond donors (Lipinski definition) is 1. The highest BCUT2D eigenvalue weighted by atomic mass is 14.9. The fourth-order valence-electron chi connectivity index (χ4n) is 2.04. The molecule has 1 heterocycles. The molecule has 0 saturated carbocycles. The zero-order valence-corrected chi connectivity index (χ0v) is 11.1. The lowest BCUT2D eigenvalue weighted by atomic mass is 9.98. The SMILES string of the molecule is CNC(Cc1ccc(C)c(C)c1)c1cncnc1. The highest BCUT2D eigenvalue weighted by molar-refractivity contribution is 5.31. The third kappa shape index (κ3) is 2.93. The Kier molecular flexibility index (Phi) is 4.05. The van der Waals surface area contributed by atoms with Crippen molar-refractivity contribution in [2.45, 2.75) is 26.3 Å². The van der Waals surface area contributed by atoms with E-state index in [1.54, 1.807) is 6.33 Å². The lowest BCUT2D eigenvalue weighted by molar-refractivity contribution is 0.587. The van der Waals surface area contributed by atoms with Gasteiger partial charge in [-0.3, -0.25) is 0 Å². The van der Waals surface area contributed by atoms with Gasteiger partial charge in [-0.2, -0.15) is 0 Å². The second kappa shape index (κ2) is 5.74. The van der Waals surface area contributed by atoms with E-state index in [0.717, 1.165) is 12.0 Å². The van der Waals surface area contributed by atoms with E-state index in [1.165, 1.54) is 16.7 Å². The molecule has 0 bridgehead atoms. The van der Waals surface area contributed by atoms with Crippen LogP contribution in [-0.2, 0) is 6.42 Å². The quantitative estimate of drug-likeness (QED) is 0.894. The molecule has 0 aliphatic rings. The third-order valence-corrected chi connectivity index (χ3v) is 3.34. The first-order chi connectivity index (χ1) is 8.70. The summed E-state index contributed by atoms with van der Waals surface area (Å²) in [6.45, 7) is 4.29. The maximum atomic E-state index is 4.08. The molecular weight excluding hydrogens is 222 g/mol. The van der Waals surface area contributed by atoms with Gasteiger partial charge in [0.2, 0.25) is 0 Å². The maximum Gasteiger partial charge on any atom is 0.115 e. The summed E-state index contributed by atoms with van der Waals surface area (Å²) in [7, 11) is 1.97. The molecule has 3 heteroatoms. The Bertz CT molecular complexity index is 508. The summed E-state index contributed by atoms with van der Waals surface area (Å²) in [4.78, 5) is 8.15. The molecule has 0 aliphatic heterocycles. The van der Waals surface area contributed by atoms with E-state index in [1.807, 2.05) is 19.4 Å². The fraction of sp³-hybridized carbons (Fsp3) is 0.333. The van der Waals surface area contributed by atoms with Crippen LogP contribution in [0, 0.1) is 13.8 Å². The largest absolute Gasteiger partial charge is 0.313 e. The molecule has 0 saturated heterocycles. The summed E-state index contributed by atoms with van der Waals surface area (Å²) in [5.74, 6) is 0. The summed E-state index contributed by atoms with van der Waals surface area (Å²) in [6, 6.07) is 6.88. The van der Waals surface area contributed by atoms with Crippen LogP contribution in [0.4, 0.5) is 0 Å². The third-order valence-electron chi connectivity index (χ3n) is 3.34. The number of nitrogens with one attached hydrogen (secondary N) is 1. The van der Waals surface area contributed by atoms with Crippen LogP contribution in [0.2, 0.25) is 0 Å². The van der Waals surface area contributed by atoms with Crippen LogP contribution in [0.5, 0.6) is 0 Å². The van der Waals surface area contributed by atoms with Crippen molar-refractivity contribution in [3.05, 3.63) is 59.2 Å². The van der Waals surface area contributed by atoms with Crippen molar-refractivity contribution in [3.8, 4) is 0 Å². The van der Waals surface area contributed by atoms with Gasteiger partial charge in [0, 0.05) is 24.0 Å². The van der Waals surface area contributed by atoms with Crippen molar-refractivity contribution < 1.29 is 0 Å². The van der Waals surface area contributed by atoms with E-state index in [9.17, 15) is 0 Å². The number of nitrogens with zero attached hydrogens (tertiary/aromatic N) is 2. The van der Waals surface area contributed by atoms with Gasteiger partial charge in [-0.15, -0.1) is 0 Å². The van der Waals surface area contributed by atoms with Crippen LogP contribution in [0.1, 0.15) is 28.3 Å². The second-order valence-corrected chi connectivity index (χ2v) is 4.64. The van der Waals surface area contributed by atoms with Gasteiger partial charge in [0.05, 0.1) is 0 Å². The van der Waals surface area contributed by atoms with Crippen LogP contribution in [-0.4, -0.2) is 17.0 Å². The van der Waals surface area contributed by atoms with Gasteiger partial charge in [0.1, 0.15) is 6.33 Å². The van der Waals surface area contributed by atoms with Crippen molar-refractivity contribution >= 4 is 0 Å². The predicted octanol–water partition coefficient (Wildman–Crippen LogP) is 2.60. The zero-order chi connectivity index (χ0) is 13.0. The Labute approximate surface area is 108 Å². The minimum Gasteiger partial charge on any atom is -0.313 e. The van der Waals surface area contributed by atoms with Crippen molar-refractivity contribution in [3.63, 3.8) is 0 Å². The number of aromatic nitrogens is 2. The molecule has 0 amide bonds. The minimum atomic E-state index is 0.258. The van der Waals surface area contributed by atoms with Gasteiger partial charge in [0.15, 0.2) is 0 Å². The average molecular weight is 241 g/mol. The molecule has 1 atom stereocenters. The summed E-state index contributed by atoms with van der Waals surface area (Å²) in [5, 5.41) is 3.32. The van der Waals surface area contributed by atoms with Crippen LogP contribution in [0.15, 0.2) is 36.9 Å². The Morgan fingerprint density at radius 3 is 2.44 bits per heavy atom. The Balaban J connectivity index is 2.18. The summed E-state index contributed by atoms with van der Waals surface area (Å²) >= 11 is 0. The lowest BCUT2D eigenvalue weighted by Crippen LogP contribution is -2.19. The fourth-order valence-corrected chi connectivity index (χ4v) is 2.04. The van der Waals surface area contributed by atoms with Gasteiger partial charge in [0.25, 0.3) is 0 Å². The van der Waals surface area contributed by atoms with Crippen molar-refractivity contribution in [2.75, 3.05) is 7.05 Å². The lowest BCUT2D eigenvalue weighted by Gasteiger charge is -2.16. The summed E-state index contributed by atoms with van der Waals surface area (Å²) in [6.07, 6.45) is 6.25. The monoisotopic (exact) mass is 241 g/mol. The summed E-state index contributed by atoms with van der Waals surface area (Å²) in [5.41, 5.74) is 5.13. The molecule has 0 spiro atoms. The number of rotatable bonds is 4. The molecule has 94 valence electrons. The van der Waals surface area contributed by atoms with E-state index >= 15 is 0 Å². The number of aryl methyl sites for hydroxylation is 2. The normalized spacial score (nSPS) is 12.4. The van der Waals surface area contributed by atoms with Gasteiger partial charge in [-0.25, -0.2) is 9.97 Å². The van der Waals surface area contributed by atoms with Crippen LogP contribution < -0.4 is 5.32 Å².